The third kappa shape index (κ3) is 5.71. The Hall–Kier alpha value is -2.41. The molecule has 0 saturated heterocycles. The van der Waals surface area contributed by atoms with Crippen molar-refractivity contribution in [2.75, 3.05) is 18.4 Å². The van der Waals surface area contributed by atoms with Crippen LogP contribution in [0.2, 0.25) is 0 Å². The van der Waals surface area contributed by atoms with E-state index in [1.54, 1.807) is 19.1 Å². The Kier molecular flexibility index (Phi) is 7.21. The zero-order valence-electron chi connectivity index (χ0n) is 13.3. The van der Waals surface area contributed by atoms with E-state index in [9.17, 15) is 19.5 Å². The lowest BCUT2D eigenvalue weighted by Gasteiger charge is -2.25. The van der Waals surface area contributed by atoms with Crippen LogP contribution < -0.4 is 5.32 Å². The van der Waals surface area contributed by atoms with Crippen LogP contribution in [0.3, 0.4) is 0 Å². The average Bonchev–Trinajstić information content (AvgIpc) is 2.47. The molecule has 1 aromatic rings. The molecule has 0 spiro atoms. The maximum absolute atomic E-state index is 12.2. The highest BCUT2D eigenvalue weighted by Gasteiger charge is 2.27. The van der Waals surface area contributed by atoms with Gasteiger partial charge >= 0.3 is 11.9 Å². The number of carbonyl (C=O) groups excluding carboxylic acids is 1. The molecule has 1 atom stereocenters. The molecule has 0 bridgehead atoms. The molecule has 0 heterocycles. The Bertz CT molecular complexity index is 573. The largest absolute Gasteiger partial charge is 0.480 e. The zero-order chi connectivity index (χ0) is 17.4. The molecule has 0 radical (unpaired) electrons. The van der Waals surface area contributed by atoms with Gasteiger partial charge in [0.15, 0.2) is 0 Å². The minimum atomic E-state index is -1.17. The van der Waals surface area contributed by atoms with Gasteiger partial charge in [-0.2, -0.15) is 0 Å². The maximum Gasteiger partial charge on any atom is 0.320 e. The van der Waals surface area contributed by atoms with Crippen molar-refractivity contribution < 1.29 is 24.6 Å². The van der Waals surface area contributed by atoms with Crippen molar-refractivity contribution in [3.8, 4) is 0 Å². The van der Waals surface area contributed by atoms with E-state index in [2.05, 4.69) is 5.32 Å². The number of nitrogens with zero attached hydrogens (tertiary/aromatic N) is 1. The van der Waals surface area contributed by atoms with E-state index >= 15 is 0 Å². The first kappa shape index (κ1) is 18.6. The Morgan fingerprint density at radius 3 is 2.30 bits per heavy atom. The van der Waals surface area contributed by atoms with Crippen molar-refractivity contribution in [3.05, 3.63) is 29.8 Å². The number of amides is 1. The minimum Gasteiger partial charge on any atom is -0.480 e. The van der Waals surface area contributed by atoms with Gasteiger partial charge in [0.25, 0.3) is 0 Å². The normalized spacial score (nSPS) is 12.0. The van der Waals surface area contributed by atoms with Crippen LogP contribution in [0.15, 0.2) is 24.3 Å². The highest BCUT2D eigenvalue weighted by Crippen LogP contribution is 2.15. The number of aryl methyl sites for hydroxylation is 1. The molecule has 7 heteroatoms. The molecule has 1 amide bonds. The predicted molar refractivity (Wildman–Crippen MR) is 85.4 cm³/mol. The summed E-state index contributed by atoms with van der Waals surface area (Å²) < 4.78 is 0. The number of carboxylic acids is 2. The second kappa shape index (κ2) is 8.89. The van der Waals surface area contributed by atoms with Crippen LogP contribution in [-0.4, -0.2) is 52.1 Å². The highest BCUT2D eigenvalue weighted by atomic mass is 16.4. The van der Waals surface area contributed by atoms with Gasteiger partial charge in [0.2, 0.25) is 5.91 Å². The van der Waals surface area contributed by atoms with E-state index < -0.39 is 30.4 Å². The summed E-state index contributed by atoms with van der Waals surface area (Å²) in [5.74, 6) is -2.76. The molecule has 0 aliphatic carbocycles. The number of carboxylic acid groups (broad SMARTS) is 2. The monoisotopic (exact) mass is 322 g/mol. The first-order chi connectivity index (χ1) is 10.9. The summed E-state index contributed by atoms with van der Waals surface area (Å²) >= 11 is 0. The molecule has 0 aliphatic rings. The van der Waals surface area contributed by atoms with Gasteiger partial charge in [-0.25, -0.2) is 0 Å². The molecule has 1 rings (SSSR count). The van der Waals surface area contributed by atoms with Crippen molar-refractivity contribution in [1.29, 1.82) is 0 Å². The van der Waals surface area contributed by atoms with Crippen molar-refractivity contribution in [2.24, 2.45) is 0 Å². The van der Waals surface area contributed by atoms with Gasteiger partial charge in [-0.1, -0.05) is 32.0 Å². The lowest BCUT2D eigenvalue weighted by molar-refractivity contribution is -0.146. The van der Waals surface area contributed by atoms with Crippen LogP contribution in [0.5, 0.6) is 0 Å². The van der Waals surface area contributed by atoms with Gasteiger partial charge in [0, 0.05) is 5.69 Å². The Morgan fingerprint density at radius 1 is 1.13 bits per heavy atom. The van der Waals surface area contributed by atoms with E-state index in [-0.39, 0.29) is 13.0 Å². The lowest BCUT2D eigenvalue weighted by atomic mass is 10.1. The Balaban J connectivity index is 2.84. The standard InChI is InChI=1S/C16H22N2O5/c1-3-11-7-5-6-8-12(11)17-14(19)9-18(10-15(20)21)13(4-2)16(22)23/h5-8,13H,3-4,9-10H2,1-2H3,(H,17,19)(H,20,21)(H,22,23). The zero-order valence-corrected chi connectivity index (χ0v) is 13.3. The molecule has 7 nitrogen and oxygen atoms in total. The van der Waals surface area contributed by atoms with E-state index in [4.69, 9.17) is 5.11 Å². The average molecular weight is 322 g/mol. The van der Waals surface area contributed by atoms with Gasteiger partial charge < -0.3 is 15.5 Å². The van der Waals surface area contributed by atoms with Crippen molar-refractivity contribution in [1.82, 2.24) is 4.90 Å². The Morgan fingerprint density at radius 2 is 1.78 bits per heavy atom. The molecular formula is C16H22N2O5. The molecule has 0 fully saturated rings. The summed E-state index contributed by atoms with van der Waals surface area (Å²) in [6, 6.07) is 6.28. The van der Waals surface area contributed by atoms with Crippen LogP contribution >= 0.6 is 0 Å². The molecule has 1 aromatic carbocycles. The first-order valence-electron chi connectivity index (χ1n) is 7.45. The number of rotatable bonds is 9. The van der Waals surface area contributed by atoms with Crippen LogP contribution in [0.4, 0.5) is 5.69 Å². The van der Waals surface area contributed by atoms with Gasteiger partial charge in [0.1, 0.15) is 6.04 Å². The number of hydrogen-bond acceptors (Lipinski definition) is 4. The minimum absolute atomic E-state index is 0.210. The number of anilines is 1. The maximum atomic E-state index is 12.2. The first-order valence-corrected chi connectivity index (χ1v) is 7.45. The fraction of sp³-hybridized carbons (Fsp3) is 0.438. The molecule has 0 aliphatic heterocycles. The van der Waals surface area contributed by atoms with Gasteiger partial charge in [-0.15, -0.1) is 0 Å². The topological polar surface area (TPSA) is 107 Å². The smallest absolute Gasteiger partial charge is 0.320 e. The fourth-order valence-corrected chi connectivity index (χ4v) is 2.36. The van der Waals surface area contributed by atoms with Crippen molar-refractivity contribution in [3.63, 3.8) is 0 Å². The number of benzene rings is 1. The SMILES string of the molecule is CCc1ccccc1NC(=O)CN(CC(=O)O)C(CC)C(=O)O. The Labute approximate surface area is 134 Å². The molecule has 23 heavy (non-hydrogen) atoms. The van der Waals surface area contributed by atoms with E-state index in [1.165, 1.54) is 0 Å². The van der Waals surface area contributed by atoms with Gasteiger partial charge in [0.05, 0.1) is 13.1 Å². The molecule has 3 N–H and O–H groups in total. The molecule has 0 aromatic heterocycles. The second-order valence-electron chi connectivity index (χ2n) is 5.12. The number of aliphatic carboxylic acids is 2. The second-order valence-corrected chi connectivity index (χ2v) is 5.12. The van der Waals surface area contributed by atoms with Crippen LogP contribution in [0.1, 0.15) is 25.8 Å². The van der Waals surface area contributed by atoms with E-state index in [0.717, 1.165) is 16.9 Å². The third-order valence-corrected chi connectivity index (χ3v) is 3.47. The lowest BCUT2D eigenvalue weighted by Crippen LogP contribution is -2.47. The van der Waals surface area contributed by atoms with Crippen molar-refractivity contribution in [2.45, 2.75) is 32.7 Å². The van der Waals surface area contributed by atoms with Crippen LogP contribution in [-0.2, 0) is 20.8 Å². The summed E-state index contributed by atoms with van der Waals surface area (Å²) in [6.07, 6.45) is 0.948. The number of nitrogens with one attached hydrogen (secondary N) is 1. The van der Waals surface area contributed by atoms with Crippen LogP contribution in [0.25, 0.3) is 0 Å². The van der Waals surface area contributed by atoms with Crippen LogP contribution in [0, 0.1) is 0 Å². The van der Waals surface area contributed by atoms with Crippen molar-refractivity contribution >= 4 is 23.5 Å². The number of hydrogen-bond donors (Lipinski definition) is 3. The number of para-hydroxylation sites is 1. The summed E-state index contributed by atoms with van der Waals surface area (Å²) in [6.45, 7) is 2.79. The summed E-state index contributed by atoms with van der Waals surface area (Å²) in [7, 11) is 0. The fourth-order valence-electron chi connectivity index (χ4n) is 2.36. The summed E-state index contributed by atoms with van der Waals surface area (Å²) in [5.41, 5.74) is 1.61. The van der Waals surface area contributed by atoms with E-state index in [0.29, 0.717) is 5.69 Å². The molecule has 0 saturated carbocycles. The molecule has 126 valence electrons. The quantitative estimate of drug-likeness (QED) is 0.635. The third-order valence-electron chi connectivity index (χ3n) is 3.47. The predicted octanol–water partition coefficient (Wildman–Crippen LogP) is 1.44. The van der Waals surface area contributed by atoms with E-state index in [1.807, 2.05) is 19.1 Å². The summed E-state index contributed by atoms with van der Waals surface area (Å²) in [5, 5.41) is 20.8. The van der Waals surface area contributed by atoms with Gasteiger partial charge in [-0.05, 0) is 24.5 Å². The number of carbonyl (C=O) groups is 3. The molecule has 1 unspecified atom stereocenters. The highest BCUT2D eigenvalue weighted by molar-refractivity contribution is 5.93. The van der Waals surface area contributed by atoms with Gasteiger partial charge in [-0.3, -0.25) is 19.3 Å². The summed E-state index contributed by atoms with van der Waals surface area (Å²) in [4.78, 5) is 35.5. The molecular weight excluding hydrogens is 300 g/mol.